The summed E-state index contributed by atoms with van der Waals surface area (Å²) in [5.74, 6) is -0.784. The second kappa shape index (κ2) is 9.12. The second-order valence-electron chi connectivity index (χ2n) is 5.81. The van der Waals surface area contributed by atoms with Crippen molar-refractivity contribution in [1.29, 1.82) is 0 Å². The number of rotatable bonds is 8. The number of para-hydroxylation sites is 1. The van der Waals surface area contributed by atoms with E-state index in [1.807, 2.05) is 0 Å². The Labute approximate surface area is 176 Å². The highest BCUT2D eigenvalue weighted by molar-refractivity contribution is 8.00. The van der Waals surface area contributed by atoms with Gasteiger partial charge in [-0.1, -0.05) is 18.2 Å². The van der Waals surface area contributed by atoms with Crippen LogP contribution in [-0.4, -0.2) is 26.0 Å². The van der Waals surface area contributed by atoms with Crippen LogP contribution in [0.5, 0.6) is 0 Å². The number of benzene rings is 2. The first-order valence-corrected chi connectivity index (χ1v) is 11.7. The Hall–Kier alpha value is -2.82. The standard InChI is InChI=1S/C19H17N3O4S3/c20-19(24)15-4-1-2-5-16(15)21-17(23)12-28-14-9-7-13(8-10-14)22-29(25,26)18-6-3-11-27-18/h1-11,22H,12H2,(H2,20,24)(H,21,23). The van der Waals surface area contributed by atoms with Crippen LogP contribution in [-0.2, 0) is 14.8 Å². The minimum atomic E-state index is -3.59. The van der Waals surface area contributed by atoms with Crippen LogP contribution in [0.3, 0.4) is 0 Å². The summed E-state index contributed by atoms with van der Waals surface area (Å²) in [6.07, 6.45) is 0. The van der Waals surface area contributed by atoms with Crippen molar-refractivity contribution in [3.8, 4) is 0 Å². The van der Waals surface area contributed by atoms with Crippen LogP contribution in [0.15, 0.2) is 75.1 Å². The average molecular weight is 448 g/mol. The zero-order chi connectivity index (χ0) is 20.9. The van der Waals surface area contributed by atoms with Gasteiger partial charge < -0.3 is 11.1 Å². The number of sulfonamides is 1. The smallest absolute Gasteiger partial charge is 0.271 e. The van der Waals surface area contributed by atoms with Crippen LogP contribution in [0.4, 0.5) is 11.4 Å². The summed E-state index contributed by atoms with van der Waals surface area (Å²) in [4.78, 5) is 24.4. The number of thiophene rings is 1. The molecule has 1 aromatic heterocycles. The Balaban J connectivity index is 1.57. The highest BCUT2D eigenvalue weighted by Gasteiger charge is 2.15. The van der Waals surface area contributed by atoms with Gasteiger partial charge in [-0.2, -0.15) is 0 Å². The molecular weight excluding hydrogens is 430 g/mol. The van der Waals surface area contributed by atoms with Crippen molar-refractivity contribution in [3.05, 3.63) is 71.6 Å². The molecule has 0 saturated heterocycles. The fourth-order valence-electron chi connectivity index (χ4n) is 2.38. The van der Waals surface area contributed by atoms with Gasteiger partial charge in [0.25, 0.3) is 15.9 Å². The highest BCUT2D eigenvalue weighted by Crippen LogP contribution is 2.24. The normalized spacial score (nSPS) is 11.0. The SMILES string of the molecule is NC(=O)c1ccccc1NC(=O)CSc1ccc(NS(=O)(=O)c2cccs2)cc1. The lowest BCUT2D eigenvalue weighted by Gasteiger charge is -2.09. The van der Waals surface area contributed by atoms with Gasteiger partial charge in [-0.05, 0) is 47.8 Å². The molecule has 0 radical (unpaired) electrons. The number of hydrogen-bond donors (Lipinski definition) is 3. The molecule has 3 rings (SSSR count). The third-order valence-corrected chi connectivity index (χ3v) is 7.49. The molecule has 0 aliphatic heterocycles. The van der Waals surface area contributed by atoms with Gasteiger partial charge in [0.2, 0.25) is 5.91 Å². The number of hydrogen-bond acceptors (Lipinski definition) is 6. The quantitative estimate of drug-likeness (QED) is 0.458. The maximum absolute atomic E-state index is 12.2. The minimum Gasteiger partial charge on any atom is -0.366 e. The number of primary amides is 1. The first-order chi connectivity index (χ1) is 13.8. The summed E-state index contributed by atoms with van der Waals surface area (Å²) in [6.45, 7) is 0. The van der Waals surface area contributed by atoms with E-state index in [-0.39, 0.29) is 21.4 Å². The van der Waals surface area contributed by atoms with Crippen molar-refractivity contribution in [1.82, 2.24) is 0 Å². The van der Waals surface area contributed by atoms with Gasteiger partial charge in [0.1, 0.15) is 4.21 Å². The van der Waals surface area contributed by atoms with Crippen LogP contribution in [0.2, 0.25) is 0 Å². The molecule has 0 aliphatic rings. The molecule has 0 aliphatic carbocycles. The van der Waals surface area contributed by atoms with Gasteiger partial charge in [0.15, 0.2) is 0 Å². The fourth-order valence-corrected chi connectivity index (χ4v) is 5.13. The van der Waals surface area contributed by atoms with Crippen LogP contribution in [0.1, 0.15) is 10.4 Å². The third-order valence-electron chi connectivity index (χ3n) is 3.70. The lowest BCUT2D eigenvalue weighted by molar-refractivity contribution is -0.113. The van der Waals surface area contributed by atoms with Gasteiger partial charge in [-0.25, -0.2) is 8.42 Å². The summed E-state index contributed by atoms with van der Waals surface area (Å²) in [5, 5.41) is 4.36. The van der Waals surface area contributed by atoms with Gasteiger partial charge in [-0.3, -0.25) is 14.3 Å². The molecule has 7 nitrogen and oxygen atoms in total. The lowest BCUT2D eigenvalue weighted by atomic mass is 10.1. The molecule has 0 fully saturated rings. The van der Waals surface area contributed by atoms with Gasteiger partial charge in [0, 0.05) is 10.6 Å². The molecule has 10 heteroatoms. The molecule has 0 unspecified atom stereocenters. The van der Waals surface area contributed by atoms with E-state index in [4.69, 9.17) is 5.73 Å². The topological polar surface area (TPSA) is 118 Å². The van der Waals surface area contributed by atoms with Crippen molar-refractivity contribution in [3.63, 3.8) is 0 Å². The van der Waals surface area contributed by atoms with Gasteiger partial charge >= 0.3 is 0 Å². The van der Waals surface area contributed by atoms with E-state index in [1.54, 1.807) is 60.0 Å². The van der Waals surface area contributed by atoms with E-state index in [9.17, 15) is 18.0 Å². The Morgan fingerprint density at radius 1 is 1.00 bits per heavy atom. The number of amides is 2. The molecule has 2 amide bonds. The summed E-state index contributed by atoms with van der Waals surface area (Å²) >= 11 is 2.42. The Bertz CT molecular complexity index is 1110. The summed E-state index contributed by atoms with van der Waals surface area (Å²) in [6, 6.07) is 16.4. The van der Waals surface area contributed by atoms with Crippen molar-refractivity contribution in [2.24, 2.45) is 5.73 Å². The Morgan fingerprint density at radius 3 is 2.38 bits per heavy atom. The summed E-state index contributed by atoms with van der Waals surface area (Å²) < 4.78 is 27.2. The minimum absolute atomic E-state index is 0.118. The predicted molar refractivity (Wildman–Crippen MR) is 116 cm³/mol. The molecule has 0 atom stereocenters. The summed E-state index contributed by atoms with van der Waals surface area (Å²) in [7, 11) is -3.59. The molecular formula is C19H17N3O4S3. The van der Waals surface area contributed by atoms with Crippen LogP contribution >= 0.6 is 23.1 Å². The average Bonchev–Trinajstić information content (AvgIpc) is 3.23. The molecule has 4 N–H and O–H groups in total. The molecule has 3 aromatic rings. The lowest BCUT2D eigenvalue weighted by Crippen LogP contribution is -2.19. The molecule has 150 valence electrons. The van der Waals surface area contributed by atoms with Crippen molar-refractivity contribution >= 4 is 56.3 Å². The van der Waals surface area contributed by atoms with Crippen LogP contribution < -0.4 is 15.8 Å². The van der Waals surface area contributed by atoms with Crippen molar-refractivity contribution in [2.45, 2.75) is 9.10 Å². The van der Waals surface area contributed by atoms with Gasteiger partial charge in [-0.15, -0.1) is 23.1 Å². The first-order valence-electron chi connectivity index (χ1n) is 8.33. The predicted octanol–water partition coefficient (Wildman–Crippen LogP) is 3.38. The van der Waals surface area contributed by atoms with Crippen molar-refractivity contribution < 1.29 is 18.0 Å². The maximum Gasteiger partial charge on any atom is 0.271 e. The van der Waals surface area contributed by atoms with E-state index in [2.05, 4.69) is 10.0 Å². The fraction of sp³-hybridized carbons (Fsp3) is 0.0526. The van der Waals surface area contributed by atoms with E-state index >= 15 is 0 Å². The highest BCUT2D eigenvalue weighted by atomic mass is 32.2. The number of carbonyl (C=O) groups is 2. The molecule has 0 bridgehead atoms. The van der Waals surface area contributed by atoms with E-state index in [1.165, 1.54) is 17.8 Å². The third kappa shape index (κ3) is 5.59. The zero-order valence-corrected chi connectivity index (χ0v) is 17.4. The first kappa shape index (κ1) is 20.9. The summed E-state index contributed by atoms with van der Waals surface area (Å²) in [5.41, 5.74) is 6.34. The second-order valence-corrected chi connectivity index (χ2v) is 9.71. The number of anilines is 2. The number of nitrogens with two attached hydrogens (primary N) is 1. The van der Waals surface area contributed by atoms with E-state index in [0.29, 0.717) is 11.4 Å². The molecule has 0 spiro atoms. The molecule has 1 heterocycles. The monoisotopic (exact) mass is 447 g/mol. The Morgan fingerprint density at radius 2 is 1.72 bits per heavy atom. The molecule has 0 saturated carbocycles. The number of thioether (sulfide) groups is 1. The van der Waals surface area contributed by atoms with E-state index < -0.39 is 15.9 Å². The largest absolute Gasteiger partial charge is 0.366 e. The number of carbonyl (C=O) groups excluding carboxylic acids is 2. The Kier molecular flexibility index (Phi) is 6.57. The molecule has 29 heavy (non-hydrogen) atoms. The van der Waals surface area contributed by atoms with E-state index in [0.717, 1.165) is 16.2 Å². The number of nitrogens with one attached hydrogen (secondary N) is 2. The van der Waals surface area contributed by atoms with Crippen LogP contribution in [0, 0.1) is 0 Å². The van der Waals surface area contributed by atoms with Crippen molar-refractivity contribution in [2.75, 3.05) is 15.8 Å². The van der Waals surface area contributed by atoms with Gasteiger partial charge in [0.05, 0.1) is 17.0 Å². The molecule has 2 aromatic carbocycles. The maximum atomic E-state index is 12.2. The van der Waals surface area contributed by atoms with Crippen LogP contribution in [0.25, 0.3) is 0 Å². The zero-order valence-electron chi connectivity index (χ0n) is 15.0.